The van der Waals surface area contributed by atoms with Gasteiger partial charge in [0.15, 0.2) is 0 Å². The van der Waals surface area contributed by atoms with Gasteiger partial charge < -0.3 is 11.1 Å². The van der Waals surface area contributed by atoms with Gasteiger partial charge in [-0.05, 0) is 55.2 Å². The van der Waals surface area contributed by atoms with Crippen molar-refractivity contribution < 1.29 is 0 Å². The molecule has 4 nitrogen and oxygen atoms in total. The highest BCUT2D eigenvalue weighted by atomic mass is 15.2. The van der Waals surface area contributed by atoms with Crippen molar-refractivity contribution in [3.05, 3.63) is 47.2 Å². The molecule has 92 valence electrons. The summed E-state index contributed by atoms with van der Waals surface area (Å²) in [6, 6.07) is 10.4. The number of hydrogen-bond acceptors (Lipinski definition) is 4. The smallest absolute Gasteiger partial charge is 0.149 e. The fourth-order valence-corrected chi connectivity index (χ4v) is 2.44. The molecule has 3 rings (SSSR count). The standard InChI is InChI=1S/C14H16N4/c1-9-2-7-14(18-17-9)16-13-6-3-10-8-11(15)4-5-12(10)13/h2,4-5,7-8,13H,3,6,15H2,1H3,(H,16,18). The van der Waals surface area contributed by atoms with Crippen molar-refractivity contribution in [2.45, 2.75) is 25.8 Å². The fourth-order valence-electron chi connectivity index (χ4n) is 2.44. The van der Waals surface area contributed by atoms with Crippen LogP contribution in [0.2, 0.25) is 0 Å². The summed E-state index contributed by atoms with van der Waals surface area (Å²) in [6.07, 6.45) is 2.14. The van der Waals surface area contributed by atoms with Crippen molar-refractivity contribution in [3.63, 3.8) is 0 Å². The van der Waals surface area contributed by atoms with Gasteiger partial charge in [-0.1, -0.05) is 6.07 Å². The molecule has 0 fully saturated rings. The molecular weight excluding hydrogens is 224 g/mol. The summed E-state index contributed by atoms with van der Waals surface area (Å²) in [5.41, 5.74) is 10.2. The molecule has 0 saturated carbocycles. The number of fused-ring (bicyclic) bond motifs is 1. The van der Waals surface area contributed by atoms with Gasteiger partial charge in [-0.15, -0.1) is 5.10 Å². The summed E-state index contributed by atoms with van der Waals surface area (Å²) in [7, 11) is 0. The van der Waals surface area contributed by atoms with E-state index in [0.717, 1.165) is 30.0 Å². The average molecular weight is 240 g/mol. The lowest BCUT2D eigenvalue weighted by atomic mass is 10.1. The summed E-state index contributed by atoms with van der Waals surface area (Å²) >= 11 is 0. The highest BCUT2D eigenvalue weighted by Crippen LogP contribution is 2.34. The molecule has 4 heteroatoms. The van der Waals surface area contributed by atoms with E-state index in [4.69, 9.17) is 5.73 Å². The predicted octanol–water partition coefficient (Wildman–Crippen LogP) is 2.47. The number of nitrogens with one attached hydrogen (secondary N) is 1. The summed E-state index contributed by atoms with van der Waals surface area (Å²) in [6.45, 7) is 1.93. The summed E-state index contributed by atoms with van der Waals surface area (Å²) < 4.78 is 0. The molecule has 1 atom stereocenters. The van der Waals surface area contributed by atoms with Crippen LogP contribution in [0.15, 0.2) is 30.3 Å². The van der Waals surface area contributed by atoms with Gasteiger partial charge in [0.25, 0.3) is 0 Å². The maximum atomic E-state index is 5.80. The molecule has 0 bridgehead atoms. The normalized spacial score (nSPS) is 17.5. The number of benzene rings is 1. The van der Waals surface area contributed by atoms with E-state index in [2.05, 4.69) is 27.6 Å². The lowest BCUT2D eigenvalue weighted by Crippen LogP contribution is -2.09. The van der Waals surface area contributed by atoms with E-state index in [9.17, 15) is 0 Å². The number of aromatic nitrogens is 2. The first-order valence-corrected chi connectivity index (χ1v) is 6.17. The lowest BCUT2D eigenvalue weighted by molar-refractivity contribution is 0.752. The van der Waals surface area contributed by atoms with Crippen LogP contribution in [0.25, 0.3) is 0 Å². The molecule has 0 amide bonds. The SMILES string of the molecule is Cc1ccc(NC2CCc3cc(N)ccc32)nn1. The molecule has 1 aliphatic rings. The Labute approximate surface area is 106 Å². The second kappa shape index (κ2) is 4.29. The van der Waals surface area contributed by atoms with Crippen LogP contribution in [0.5, 0.6) is 0 Å². The Hall–Kier alpha value is -2.10. The van der Waals surface area contributed by atoms with Gasteiger partial charge >= 0.3 is 0 Å². The van der Waals surface area contributed by atoms with Gasteiger partial charge in [0.1, 0.15) is 5.82 Å². The van der Waals surface area contributed by atoms with Crippen LogP contribution in [-0.4, -0.2) is 10.2 Å². The van der Waals surface area contributed by atoms with Crippen LogP contribution in [0.1, 0.15) is 29.3 Å². The predicted molar refractivity (Wildman–Crippen MR) is 72.3 cm³/mol. The van der Waals surface area contributed by atoms with Crippen molar-refractivity contribution in [1.82, 2.24) is 10.2 Å². The molecule has 1 aromatic heterocycles. The van der Waals surface area contributed by atoms with Gasteiger partial charge in [0.2, 0.25) is 0 Å². The minimum Gasteiger partial charge on any atom is -0.399 e. The van der Waals surface area contributed by atoms with Gasteiger partial charge in [0.05, 0.1) is 11.7 Å². The summed E-state index contributed by atoms with van der Waals surface area (Å²) in [5.74, 6) is 0.829. The third-order valence-electron chi connectivity index (χ3n) is 3.36. The number of nitrogen functional groups attached to an aromatic ring is 1. The van der Waals surface area contributed by atoms with Crippen LogP contribution in [0.3, 0.4) is 0 Å². The van der Waals surface area contributed by atoms with Gasteiger partial charge in [-0.2, -0.15) is 5.10 Å². The Morgan fingerprint density at radius 1 is 1.22 bits per heavy atom. The molecule has 1 aliphatic carbocycles. The number of nitrogens with two attached hydrogens (primary N) is 1. The summed E-state index contributed by atoms with van der Waals surface area (Å²) in [4.78, 5) is 0. The first-order chi connectivity index (χ1) is 8.72. The van der Waals surface area contributed by atoms with Crippen LogP contribution in [0, 0.1) is 6.92 Å². The second-order valence-electron chi connectivity index (χ2n) is 4.75. The number of anilines is 2. The van der Waals surface area contributed by atoms with Crippen molar-refractivity contribution in [1.29, 1.82) is 0 Å². The number of aryl methyl sites for hydroxylation is 2. The number of hydrogen-bond donors (Lipinski definition) is 2. The zero-order valence-electron chi connectivity index (χ0n) is 10.4. The van der Waals surface area contributed by atoms with E-state index in [-0.39, 0.29) is 0 Å². The molecule has 0 saturated heterocycles. The molecule has 3 N–H and O–H groups in total. The Morgan fingerprint density at radius 3 is 2.89 bits per heavy atom. The molecule has 1 unspecified atom stereocenters. The van der Waals surface area contributed by atoms with E-state index in [1.165, 1.54) is 11.1 Å². The number of nitrogens with zero attached hydrogens (tertiary/aromatic N) is 2. The van der Waals surface area contributed by atoms with E-state index in [1.54, 1.807) is 0 Å². The molecular formula is C14H16N4. The molecule has 0 spiro atoms. The van der Waals surface area contributed by atoms with Crippen molar-refractivity contribution in [2.24, 2.45) is 0 Å². The second-order valence-corrected chi connectivity index (χ2v) is 4.75. The van der Waals surface area contributed by atoms with E-state index < -0.39 is 0 Å². The van der Waals surface area contributed by atoms with Crippen molar-refractivity contribution in [2.75, 3.05) is 11.1 Å². The van der Waals surface area contributed by atoms with Crippen LogP contribution < -0.4 is 11.1 Å². The van der Waals surface area contributed by atoms with Crippen LogP contribution in [-0.2, 0) is 6.42 Å². The minimum atomic E-state index is 0.317. The van der Waals surface area contributed by atoms with Crippen molar-refractivity contribution >= 4 is 11.5 Å². The molecule has 1 aromatic carbocycles. The zero-order chi connectivity index (χ0) is 12.5. The molecule has 0 aliphatic heterocycles. The van der Waals surface area contributed by atoms with Crippen LogP contribution >= 0.6 is 0 Å². The third kappa shape index (κ3) is 2.01. The van der Waals surface area contributed by atoms with E-state index in [0.29, 0.717) is 6.04 Å². The quantitative estimate of drug-likeness (QED) is 0.791. The van der Waals surface area contributed by atoms with Crippen molar-refractivity contribution in [3.8, 4) is 0 Å². The fraction of sp³-hybridized carbons (Fsp3) is 0.286. The highest BCUT2D eigenvalue weighted by molar-refractivity contribution is 5.50. The molecule has 1 heterocycles. The van der Waals surface area contributed by atoms with Gasteiger partial charge in [0, 0.05) is 5.69 Å². The first kappa shape index (κ1) is 11.0. The minimum absolute atomic E-state index is 0.317. The number of rotatable bonds is 2. The Bertz CT molecular complexity index is 563. The third-order valence-corrected chi connectivity index (χ3v) is 3.36. The lowest BCUT2D eigenvalue weighted by Gasteiger charge is -2.14. The zero-order valence-corrected chi connectivity index (χ0v) is 10.4. The highest BCUT2D eigenvalue weighted by Gasteiger charge is 2.22. The molecule has 0 radical (unpaired) electrons. The van der Waals surface area contributed by atoms with E-state index in [1.807, 2.05) is 25.1 Å². The Balaban J connectivity index is 1.82. The molecule has 2 aromatic rings. The monoisotopic (exact) mass is 240 g/mol. The van der Waals surface area contributed by atoms with Gasteiger partial charge in [-0.3, -0.25) is 0 Å². The maximum absolute atomic E-state index is 5.80. The Kier molecular flexibility index (Phi) is 2.63. The summed E-state index contributed by atoms with van der Waals surface area (Å²) in [5, 5.41) is 11.6. The van der Waals surface area contributed by atoms with E-state index >= 15 is 0 Å². The topological polar surface area (TPSA) is 63.8 Å². The molecule has 18 heavy (non-hydrogen) atoms. The van der Waals surface area contributed by atoms with Crippen LogP contribution in [0.4, 0.5) is 11.5 Å². The average Bonchev–Trinajstić information content (AvgIpc) is 2.74. The largest absolute Gasteiger partial charge is 0.399 e. The van der Waals surface area contributed by atoms with Gasteiger partial charge in [-0.25, -0.2) is 0 Å². The first-order valence-electron chi connectivity index (χ1n) is 6.17. The maximum Gasteiger partial charge on any atom is 0.149 e. The Morgan fingerprint density at radius 2 is 2.11 bits per heavy atom.